The van der Waals surface area contributed by atoms with Gasteiger partial charge in [0.2, 0.25) is 0 Å². The lowest BCUT2D eigenvalue weighted by Crippen LogP contribution is -2.18. The molecular formula is C24H33NOS. The van der Waals surface area contributed by atoms with E-state index in [9.17, 15) is 0 Å². The average Bonchev–Trinajstić information content (AvgIpc) is 2.66. The Morgan fingerprint density at radius 1 is 0.889 bits per heavy atom. The van der Waals surface area contributed by atoms with E-state index in [1.807, 2.05) is 24.3 Å². The highest BCUT2D eigenvalue weighted by Crippen LogP contribution is 2.23. The summed E-state index contributed by atoms with van der Waals surface area (Å²) in [7, 11) is 0. The predicted octanol–water partition coefficient (Wildman–Crippen LogP) is 7.37. The minimum Gasteiger partial charge on any atom is -0.431 e. The summed E-state index contributed by atoms with van der Waals surface area (Å²) in [6.07, 6.45) is 10.2. The number of nitrogens with one attached hydrogen (secondary N) is 1. The number of anilines is 1. The van der Waals surface area contributed by atoms with Gasteiger partial charge in [0.05, 0.1) is 0 Å². The number of benzene rings is 2. The minimum atomic E-state index is 0.399. The maximum atomic E-state index is 5.97. The quantitative estimate of drug-likeness (QED) is 0.342. The third-order valence-corrected chi connectivity index (χ3v) is 5.25. The summed E-state index contributed by atoms with van der Waals surface area (Å²) in [5.74, 6) is 0.867. The van der Waals surface area contributed by atoms with Crippen LogP contribution in [-0.4, -0.2) is 5.17 Å². The lowest BCUT2D eigenvalue weighted by atomic mass is 10.0. The number of hydrogen-bond donors (Lipinski definition) is 1. The van der Waals surface area contributed by atoms with Crippen LogP contribution in [0.2, 0.25) is 0 Å². The summed E-state index contributed by atoms with van der Waals surface area (Å²) in [6.45, 7) is 6.45. The highest BCUT2D eigenvalue weighted by atomic mass is 32.1. The fourth-order valence-electron chi connectivity index (χ4n) is 3.20. The van der Waals surface area contributed by atoms with Gasteiger partial charge in [0.15, 0.2) is 0 Å². The zero-order valence-electron chi connectivity index (χ0n) is 17.0. The molecule has 0 fully saturated rings. The smallest absolute Gasteiger partial charge is 0.266 e. The maximum absolute atomic E-state index is 5.97. The van der Waals surface area contributed by atoms with Crippen LogP contribution < -0.4 is 10.1 Å². The predicted molar refractivity (Wildman–Crippen MR) is 121 cm³/mol. The van der Waals surface area contributed by atoms with Crippen LogP contribution in [0.1, 0.15) is 68.6 Å². The van der Waals surface area contributed by atoms with Crippen molar-refractivity contribution < 1.29 is 4.74 Å². The third kappa shape index (κ3) is 7.34. The van der Waals surface area contributed by atoms with Gasteiger partial charge in [-0.15, -0.1) is 0 Å². The number of unbranched alkanes of at least 4 members (excludes halogenated alkanes) is 6. The first-order chi connectivity index (χ1) is 13.1. The second-order valence-corrected chi connectivity index (χ2v) is 7.61. The summed E-state index contributed by atoms with van der Waals surface area (Å²) < 4.78 is 5.97. The molecule has 0 amide bonds. The summed E-state index contributed by atoms with van der Waals surface area (Å²) in [4.78, 5) is 0. The molecule has 2 aromatic carbocycles. The van der Waals surface area contributed by atoms with E-state index in [-0.39, 0.29) is 0 Å². The van der Waals surface area contributed by atoms with E-state index < -0.39 is 0 Å². The molecule has 27 heavy (non-hydrogen) atoms. The van der Waals surface area contributed by atoms with E-state index in [0.29, 0.717) is 5.17 Å². The molecule has 0 spiro atoms. The summed E-state index contributed by atoms with van der Waals surface area (Å²) >= 11 is 5.44. The van der Waals surface area contributed by atoms with E-state index in [1.165, 1.54) is 61.6 Å². The zero-order valence-corrected chi connectivity index (χ0v) is 17.8. The molecule has 3 heteroatoms. The van der Waals surface area contributed by atoms with Crippen LogP contribution in [0.25, 0.3) is 0 Å². The lowest BCUT2D eigenvalue weighted by Gasteiger charge is -2.15. The van der Waals surface area contributed by atoms with Crippen LogP contribution in [-0.2, 0) is 6.42 Å². The standard InChI is InChI=1S/C24H33NOS/c1-4-5-6-7-8-9-10-15-21-16-11-12-18-23(21)26-24(27)25-22-17-13-14-19(2)20(22)3/h11-14,16-18H,4-10,15H2,1-3H3,(H,25,27). The zero-order chi connectivity index (χ0) is 19.5. The first kappa shape index (κ1) is 21.4. The van der Waals surface area contributed by atoms with Crippen LogP contribution in [0.3, 0.4) is 0 Å². The monoisotopic (exact) mass is 383 g/mol. The third-order valence-electron chi connectivity index (χ3n) is 5.07. The van der Waals surface area contributed by atoms with Crippen LogP contribution in [0.4, 0.5) is 5.69 Å². The molecule has 2 aromatic rings. The van der Waals surface area contributed by atoms with Crippen molar-refractivity contribution in [2.24, 2.45) is 0 Å². The van der Waals surface area contributed by atoms with Gasteiger partial charge in [0, 0.05) is 5.69 Å². The van der Waals surface area contributed by atoms with Gasteiger partial charge in [-0.05, 0) is 67.7 Å². The molecule has 0 saturated carbocycles. The largest absolute Gasteiger partial charge is 0.431 e. The summed E-state index contributed by atoms with van der Waals surface area (Å²) in [6, 6.07) is 14.4. The van der Waals surface area contributed by atoms with Gasteiger partial charge in [-0.2, -0.15) is 0 Å². The molecule has 0 saturated heterocycles. The fourth-order valence-corrected chi connectivity index (χ4v) is 3.40. The second kappa shape index (κ2) is 11.8. The summed E-state index contributed by atoms with van der Waals surface area (Å²) in [5, 5.41) is 3.63. The van der Waals surface area contributed by atoms with E-state index in [4.69, 9.17) is 17.0 Å². The normalized spacial score (nSPS) is 10.6. The number of hydrogen-bond acceptors (Lipinski definition) is 2. The SMILES string of the molecule is CCCCCCCCCc1ccccc1OC(=S)Nc1cccc(C)c1C. The number of rotatable bonds is 10. The second-order valence-electron chi connectivity index (χ2n) is 7.24. The molecule has 2 nitrogen and oxygen atoms in total. The van der Waals surface area contributed by atoms with Gasteiger partial charge >= 0.3 is 0 Å². The topological polar surface area (TPSA) is 21.3 Å². The van der Waals surface area contributed by atoms with Gasteiger partial charge in [-0.25, -0.2) is 0 Å². The van der Waals surface area contributed by atoms with E-state index in [2.05, 4.69) is 44.3 Å². The van der Waals surface area contributed by atoms with Crippen molar-refractivity contribution in [3.8, 4) is 5.75 Å². The van der Waals surface area contributed by atoms with Crippen LogP contribution >= 0.6 is 12.2 Å². The molecule has 0 bridgehead atoms. The molecule has 2 rings (SSSR count). The van der Waals surface area contributed by atoms with Crippen molar-refractivity contribution in [2.45, 2.75) is 72.1 Å². The number of ether oxygens (including phenoxy) is 1. The van der Waals surface area contributed by atoms with Crippen molar-refractivity contribution in [2.75, 3.05) is 5.32 Å². The van der Waals surface area contributed by atoms with Gasteiger partial charge < -0.3 is 10.1 Å². The van der Waals surface area contributed by atoms with Crippen LogP contribution in [0.15, 0.2) is 42.5 Å². The van der Waals surface area contributed by atoms with Crippen molar-refractivity contribution in [1.82, 2.24) is 0 Å². The Bertz CT molecular complexity index is 726. The molecule has 0 heterocycles. The van der Waals surface area contributed by atoms with E-state index in [0.717, 1.165) is 17.9 Å². The Kier molecular flexibility index (Phi) is 9.34. The molecule has 0 atom stereocenters. The molecule has 0 aliphatic rings. The first-order valence-corrected chi connectivity index (χ1v) is 10.7. The Hall–Kier alpha value is -1.87. The van der Waals surface area contributed by atoms with Crippen molar-refractivity contribution >= 4 is 23.1 Å². The Morgan fingerprint density at radius 2 is 1.59 bits per heavy atom. The highest BCUT2D eigenvalue weighted by Gasteiger charge is 2.08. The van der Waals surface area contributed by atoms with Crippen molar-refractivity contribution in [1.29, 1.82) is 0 Å². The molecule has 0 aliphatic carbocycles. The molecular weight excluding hydrogens is 350 g/mol. The van der Waals surface area contributed by atoms with Crippen LogP contribution in [0.5, 0.6) is 5.75 Å². The maximum Gasteiger partial charge on any atom is 0.266 e. The fraction of sp³-hybridized carbons (Fsp3) is 0.458. The molecule has 1 N–H and O–H groups in total. The molecule has 0 aliphatic heterocycles. The Labute approximate surface area is 170 Å². The number of thiocarbonyl (C=S) groups is 1. The first-order valence-electron chi connectivity index (χ1n) is 10.2. The van der Waals surface area contributed by atoms with E-state index in [1.54, 1.807) is 0 Å². The Balaban J connectivity index is 1.85. The van der Waals surface area contributed by atoms with Gasteiger partial charge in [-0.3, -0.25) is 0 Å². The molecule has 0 unspecified atom stereocenters. The highest BCUT2D eigenvalue weighted by molar-refractivity contribution is 7.80. The van der Waals surface area contributed by atoms with Gasteiger partial charge in [0.1, 0.15) is 5.75 Å². The average molecular weight is 384 g/mol. The molecule has 146 valence electrons. The minimum absolute atomic E-state index is 0.399. The van der Waals surface area contributed by atoms with Crippen molar-refractivity contribution in [3.63, 3.8) is 0 Å². The molecule has 0 aromatic heterocycles. The Morgan fingerprint density at radius 3 is 2.37 bits per heavy atom. The lowest BCUT2D eigenvalue weighted by molar-refractivity contribution is 0.546. The summed E-state index contributed by atoms with van der Waals surface area (Å²) in [5.41, 5.74) is 4.67. The van der Waals surface area contributed by atoms with Crippen molar-refractivity contribution in [3.05, 3.63) is 59.2 Å². The van der Waals surface area contributed by atoms with Gasteiger partial charge in [-0.1, -0.05) is 75.8 Å². The van der Waals surface area contributed by atoms with E-state index >= 15 is 0 Å². The number of para-hydroxylation sites is 1. The van der Waals surface area contributed by atoms with Crippen LogP contribution in [0, 0.1) is 13.8 Å². The van der Waals surface area contributed by atoms with Gasteiger partial charge in [0.25, 0.3) is 5.17 Å². The molecule has 0 radical (unpaired) electrons. The number of aryl methyl sites for hydroxylation is 2.